The molecule has 5 heteroatoms. The van der Waals surface area contributed by atoms with Gasteiger partial charge in [-0.05, 0) is 45.3 Å². The van der Waals surface area contributed by atoms with Gasteiger partial charge in [0.1, 0.15) is 6.61 Å². The molecule has 0 saturated heterocycles. The normalized spacial score (nSPS) is 10.6. The summed E-state index contributed by atoms with van der Waals surface area (Å²) in [5, 5.41) is 4.14. The lowest BCUT2D eigenvalue weighted by Crippen LogP contribution is -2.12. The SMILES string of the molecule is COc1cc(CNCc2ccccc2)cc(Br)c1OCc1ccccc1Cl. The lowest BCUT2D eigenvalue weighted by molar-refractivity contribution is 0.282. The van der Waals surface area contributed by atoms with E-state index >= 15 is 0 Å². The highest BCUT2D eigenvalue weighted by atomic mass is 79.9. The fourth-order valence-corrected chi connectivity index (χ4v) is 3.52. The molecule has 0 heterocycles. The number of rotatable bonds is 8. The van der Waals surface area contributed by atoms with E-state index < -0.39 is 0 Å². The molecule has 3 aromatic rings. The van der Waals surface area contributed by atoms with Gasteiger partial charge in [-0.3, -0.25) is 0 Å². The molecule has 0 aliphatic rings. The number of methoxy groups -OCH3 is 1. The Bertz CT molecular complexity index is 887. The molecule has 0 amide bonds. The summed E-state index contributed by atoms with van der Waals surface area (Å²) in [6, 6.07) is 22.0. The van der Waals surface area contributed by atoms with Crippen LogP contribution in [0.1, 0.15) is 16.7 Å². The van der Waals surface area contributed by atoms with Crippen molar-refractivity contribution in [3.63, 3.8) is 0 Å². The summed E-state index contributed by atoms with van der Waals surface area (Å²) in [5.74, 6) is 1.36. The Kier molecular flexibility index (Phi) is 7.16. The molecular formula is C22H21BrClNO2. The zero-order chi connectivity index (χ0) is 19.1. The maximum atomic E-state index is 6.21. The number of nitrogens with one attached hydrogen (secondary N) is 1. The summed E-state index contributed by atoms with van der Waals surface area (Å²) in [6.45, 7) is 1.92. The quantitative estimate of drug-likeness (QED) is 0.462. The summed E-state index contributed by atoms with van der Waals surface area (Å²) in [6.07, 6.45) is 0. The van der Waals surface area contributed by atoms with Crippen LogP contribution in [-0.4, -0.2) is 7.11 Å². The van der Waals surface area contributed by atoms with Crippen molar-refractivity contribution in [3.8, 4) is 11.5 Å². The van der Waals surface area contributed by atoms with Crippen LogP contribution in [0.3, 0.4) is 0 Å². The van der Waals surface area contributed by atoms with Crippen molar-refractivity contribution in [1.82, 2.24) is 5.32 Å². The maximum Gasteiger partial charge on any atom is 0.175 e. The lowest BCUT2D eigenvalue weighted by atomic mass is 10.2. The zero-order valence-corrected chi connectivity index (χ0v) is 17.4. The van der Waals surface area contributed by atoms with Gasteiger partial charge >= 0.3 is 0 Å². The Morgan fingerprint density at radius 3 is 2.37 bits per heavy atom. The van der Waals surface area contributed by atoms with Gasteiger partial charge in [-0.2, -0.15) is 0 Å². The number of benzene rings is 3. The van der Waals surface area contributed by atoms with Crippen LogP contribution in [0.4, 0.5) is 0 Å². The second-order valence-electron chi connectivity index (χ2n) is 6.08. The van der Waals surface area contributed by atoms with Gasteiger partial charge in [-0.25, -0.2) is 0 Å². The van der Waals surface area contributed by atoms with Gasteiger partial charge in [-0.15, -0.1) is 0 Å². The van der Waals surface area contributed by atoms with E-state index in [0.717, 1.165) is 28.7 Å². The minimum Gasteiger partial charge on any atom is -0.493 e. The summed E-state index contributed by atoms with van der Waals surface area (Å²) in [4.78, 5) is 0. The van der Waals surface area contributed by atoms with Crippen LogP contribution < -0.4 is 14.8 Å². The first-order chi connectivity index (χ1) is 13.2. The van der Waals surface area contributed by atoms with Crippen molar-refractivity contribution in [2.24, 2.45) is 0 Å². The van der Waals surface area contributed by atoms with Crippen molar-refractivity contribution in [2.45, 2.75) is 19.7 Å². The minimum absolute atomic E-state index is 0.375. The van der Waals surface area contributed by atoms with Crippen LogP contribution in [0.25, 0.3) is 0 Å². The van der Waals surface area contributed by atoms with Crippen LogP contribution in [-0.2, 0) is 19.7 Å². The van der Waals surface area contributed by atoms with Crippen molar-refractivity contribution >= 4 is 27.5 Å². The first-order valence-electron chi connectivity index (χ1n) is 8.64. The molecule has 0 aliphatic carbocycles. The van der Waals surface area contributed by atoms with Crippen molar-refractivity contribution < 1.29 is 9.47 Å². The highest BCUT2D eigenvalue weighted by Crippen LogP contribution is 2.37. The van der Waals surface area contributed by atoms with E-state index in [1.165, 1.54) is 5.56 Å². The van der Waals surface area contributed by atoms with Gasteiger partial charge < -0.3 is 14.8 Å². The van der Waals surface area contributed by atoms with Gasteiger partial charge in [0.2, 0.25) is 0 Å². The molecule has 0 unspecified atom stereocenters. The standard InChI is InChI=1S/C22H21BrClNO2/c1-26-21-12-17(14-25-13-16-7-3-2-4-8-16)11-19(23)22(21)27-15-18-9-5-6-10-20(18)24/h2-12,25H,13-15H2,1H3. The van der Waals surface area contributed by atoms with Crippen LogP contribution in [0.15, 0.2) is 71.2 Å². The second-order valence-corrected chi connectivity index (χ2v) is 7.34. The van der Waals surface area contributed by atoms with Gasteiger partial charge in [0.15, 0.2) is 11.5 Å². The molecule has 3 nitrogen and oxygen atoms in total. The molecule has 3 aromatic carbocycles. The number of halogens is 2. The third kappa shape index (κ3) is 5.48. The van der Waals surface area contributed by atoms with E-state index in [-0.39, 0.29) is 0 Å². The van der Waals surface area contributed by atoms with Crippen molar-refractivity contribution in [1.29, 1.82) is 0 Å². The molecule has 0 spiro atoms. The highest BCUT2D eigenvalue weighted by Gasteiger charge is 2.13. The van der Waals surface area contributed by atoms with Gasteiger partial charge in [0, 0.05) is 23.7 Å². The molecule has 0 saturated carbocycles. The van der Waals surface area contributed by atoms with Crippen LogP contribution in [0.2, 0.25) is 5.02 Å². The second kappa shape index (κ2) is 9.79. The largest absolute Gasteiger partial charge is 0.493 e. The van der Waals surface area contributed by atoms with E-state index in [0.29, 0.717) is 23.1 Å². The van der Waals surface area contributed by atoms with Crippen LogP contribution in [0.5, 0.6) is 11.5 Å². The predicted octanol–water partition coefficient (Wildman–Crippen LogP) is 5.98. The molecule has 0 aliphatic heterocycles. The number of ether oxygens (including phenoxy) is 2. The first kappa shape index (κ1) is 19.7. The smallest absolute Gasteiger partial charge is 0.175 e. The van der Waals surface area contributed by atoms with Gasteiger partial charge in [0.25, 0.3) is 0 Å². The average molecular weight is 447 g/mol. The maximum absolute atomic E-state index is 6.21. The summed E-state index contributed by atoms with van der Waals surface area (Å²) in [7, 11) is 1.64. The third-order valence-corrected chi connectivity index (χ3v) is 5.08. The summed E-state index contributed by atoms with van der Waals surface area (Å²) >= 11 is 9.81. The van der Waals surface area contributed by atoms with E-state index in [1.807, 2.05) is 54.6 Å². The van der Waals surface area contributed by atoms with E-state index in [4.69, 9.17) is 21.1 Å². The fourth-order valence-electron chi connectivity index (χ4n) is 2.73. The Hall–Kier alpha value is -2.01. The predicted molar refractivity (Wildman–Crippen MR) is 113 cm³/mol. The Balaban J connectivity index is 1.66. The van der Waals surface area contributed by atoms with Crippen LogP contribution in [0, 0.1) is 0 Å². The summed E-state index contributed by atoms with van der Waals surface area (Å²) < 4.78 is 12.4. The minimum atomic E-state index is 0.375. The van der Waals surface area contributed by atoms with Crippen molar-refractivity contribution in [3.05, 3.63) is 92.9 Å². The first-order valence-corrected chi connectivity index (χ1v) is 9.81. The molecule has 1 N–H and O–H groups in total. The summed E-state index contributed by atoms with van der Waals surface area (Å²) in [5.41, 5.74) is 3.30. The lowest BCUT2D eigenvalue weighted by Gasteiger charge is -2.15. The van der Waals surface area contributed by atoms with E-state index in [9.17, 15) is 0 Å². The molecule has 27 heavy (non-hydrogen) atoms. The van der Waals surface area contributed by atoms with Crippen molar-refractivity contribution in [2.75, 3.05) is 7.11 Å². The number of hydrogen-bond acceptors (Lipinski definition) is 3. The Morgan fingerprint density at radius 1 is 0.926 bits per heavy atom. The zero-order valence-electron chi connectivity index (χ0n) is 15.0. The molecule has 0 fully saturated rings. The van der Waals surface area contributed by atoms with Gasteiger partial charge in [-0.1, -0.05) is 60.1 Å². The number of hydrogen-bond donors (Lipinski definition) is 1. The Labute approximate surface area is 173 Å². The van der Waals surface area contributed by atoms with Gasteiger partial charge in [0.05, 0.1) is 11.6 Å². The molecular weight excluding hydrogens is 426 g/mol. The molecule has 0 radical (unpaired) electrons. The third-order valence-electron chi connectivity index (χ3n) is 4.12. The monoisotopic (exact) mass is 445 g/mol. The molecule has 140 valence electrons. The molecule has 0 bridgehead atoms. The van der Waals surface area contributed by atoms with E-state index in [1.54, 1.807) is 7.11 Å². The Morgan fingerprint density at radius 2 is 1.63 bits per heavy atom. The molecule has 0 aromatic heterocycles. The highest BCUT2D eigenvalue weighted by molar-refractivity contribution is 9.10. The molecule has 0 atom stereocenters. The van der Waals surface area contributed by atoms with Crippen LogP contribution >= 0.6 is 27.5 Å². The average Bonchev–Trinajstić information content (AvgIpc) is 2.69. The fraction of sp³-hybridized carbons (Fsp3) is 0.182. The van der Waals surface area contributed by atoms with E-state index in [2.05, 4.69) is 33.4 Å². The topological polar surface area (TPSA) is 30.5 Å². The molecule has 3 rings (SSSR count).